The summed E-state index contributed by atoms with van der Waals surface area (Å²) in [6.45, 7) is 1.23. The molecule has 0 amide bonds. The molecule has 0 aromatic rings. The van der Waals surface area contributed by atoms with Gasteiger partial charge in [-0.25, -0.2) is 9.59 Å². The van der Waals surface area contributed by atoms with E-state index in [-0.39, 0.29) is 0 Å². The van der Waals surface area contributed by atoms with Gasteiger partial charge in [-0.05, 0) is 13.0 Å². The molecule has 0 saturated heterocycles. The van der Waals surface area contributed by atoms with Crippen LogP contribution in [0.3, 0.4) is 0 Å². The van der Waals surface area contributed by atoms with Crippen molar-refractivity contribution in [1.82, 2.24) is 0 Å². The summed E-state index contributed by atoms with van der Waals surface area (Å²) in [6.07, 6.45) is 1.51. The van der Waals surface area contributed by atoms with Gasteiger partial charge in [-0.15, -0.1) is 0 Å². The predicted molar refractivity (Wildman–Crippen MR) is 41.7 cm³/mol. The molecule has 0 bridgehead atoms. The highest BCUT2D eigenvalue weighted by molar-refractivity contribution is 5.87. The minimum atomic E-state index is -1.82. The van der Waals surface area contributed by atoms with Crippen molar-refractivity contribution in [2.75, 3.05) is 7.11 Å². The van der Waals surface area contributed by atoms with E-state index in [2.05, 4.69) is 9.47 Å². The first-order valence-electron chi connectivity index (χ1n) is 3.68. The molecule has 2 atom stereocenters. The molecule has 5 heteroatoms. The molecule has 0 radical (unpaired) electrons. The van der Waals surface area contributed by atoms with Crippen LogP contribution >= 0.6 is 0 Å². The molecular weight excluding hydrogens is 176 g/mol. The number of hydrogen-bond donors (Lipinski definition) is 1. The number of esters is 2. The molecule has 1 aliphatic rings. The Hall–Kier alpha value is -1.36. The van der Waals surface area contributed by atoms with Crippen molar-refractivity contribution in [3.05, 3.63) is 12.2 Å². The fraction of sp³-hybridized carbons (Fsp3) is 0.500. The van der Waals surface area contributed by atoms with E-state index < -0.39 is 23.6 Å². The van der Waals surface area contributed by atoms with E-state index in [1.807, 2.05) is 0 Å². The molecule has 1 heterocycles. The summed E-state index contributed by atoms with van der Waals surface area (Å²) in [6, 6.07) is 0. The van der Waals surface area contributed by atoms with Crippen LogP contribution in [0.5, 0.6) is 0 Å². The van der Waals surface area contributed by atoms with E-state index in [4.69, 9.17) is 0 Å². The summed E-state index contributed by atoms with van der Waals surface area (Å²) in [5.41, 5.74) is -1.82. The average molecular weight is 186 g/mol. The van der Waals surface area contributed by atoms with Gasteiger partial charge in [0.15, 0.2) is 11.7 Å². The molecule has 0 aliphatic carbocycles. The van der Waals surface area contributed by atoms with Crippen molar-refractivity contribution in [3.63, 3.8) is 0 Å². The minimum Gasteiger partial charge on any atom is -0.467 e. The molecule has 0 fully saturated rings. The van der Waals surface area contributed by atoms with Gasteiger partial charge in [0.2, 0.25) is 0 Å². The maximum absolute atomic E-state index is 11.0. The van der Waals surface area contributed by atoms with Crippen LogP contribution in [0.25, 0.3) is 0 Å². The quantitative estimate of drug-likeness (QED) is 0.582. The Morgan fingerprint density at radius 2 is 2.38 bits per heavy atom. The number of carbonyl (C=O) groups excluding carboxylic acids is 2. The fourth-order valence-electron chi connectivity index (χ4n) is 0.995. The summed E-state index contributed by atoms with van der Waals surface area (Å²) in [5.74, 6) is -1.41. The average Bonchev–Trinajstić information content (AvgIpc) is 2.50. The first-order chi connectivity index (χ1) is 5.98. The van der Waals surface area contributed by atoms with E-state index in [0.717, 1.165) is 13.2 Å². The van der Waals surface area contributed by atoms with Crippen LogP contribution in [-0.4, -0.2) is 35.9 Å². The zero-order valence-electron chi connectivity index (χ0n) is 7.31. The molecule has 1 rings (SSSR count). The summed E-state index contributed by atoms with van der Waals surface area (Å²) >= 11 is 0. The van der Waals surface area contributed by atoms with Crippen LogP contribution in [0, 0.1) is 0 Å². The fourth-order valence-corrected chi connectivity index (χ4v) is 0.995. The first kappa shape index (κ1) is 9.73. The van der Waals surface area contributed by atoms with Crippen LogP contribution in [0.1, 0.15) is 6.92 Å². The lowest BCUT2D eigenvalue weighted by Crippen LogP contribution is -2.47. The molecule has 0 saturated carbocycles. The Morgan fingerprint density at radius 1 is 1.77 bits per heavy atom. The van der Waals surface area contributed by atoms with E-state index in [1.54, 1.807) is 0 Å². The Kier molecular flexibility index (Phi) is 2.38. The molecule has 13 heavy (non-hydrogen) atoms. The number of ether oxygens (including phenoxy) is 2. The summed E-state index contributed by atoms with van der Waals surface area (Å²) < 4.78 is 9.00. The second-order valence-corrected chi connectivity index (χ2v) is 2.86. The van der Waals surface area contributed by atoms with Gasteiger partial charge in [-0.3, -0.25) is 0 Å². The van der Waals surface area contributed by atoms with Crippen LogP contribution < -0.4 is 0 Å². The molecule has 1 unspecified atom stereocenters. The highest BCUT2D eigenvalue weighted by Gasteiger charge is 2.43. The molecule has 72 valence electrons. The monoisotopic (exact) mass is 186 g/mol. The zero-order chi connectivity index (χ0) is 10.1. The molecule has 5 nitrogen and oxygen atoms in total. The van der Waals surface area contributed by atoms with Crippen molar-refractivity contribution < 1.29 is 24.2 Å². The smallest absolute Gasteiger partial charge is 0.341 e. The molecule has 0 aromatic heterocycles. The maximum Gasteiger partial charge on any atom is 0.341 e. The topological polar surface area (TPSA) is 72.8 Å². The van der Waals surface area contributed by atoms with Crippen LogP contribution in [-0.2, 0) is 19.1 Å². The number of aliphatic hydroxyl groups is 1. The molecule has 0 aromatic carbocycles. The summed E-state index contributed by atoms with van der Waals surface area (Å²) in [5, 5.41) is 9.60. The standard InChI is InChI=1S/C8H10O5/c1-8(11,7(10)12-2)5-3-4-6(9)13-5/h3-5,11H,1-2H3/t5?,8-/m1/s1. The normalized spacial score (nSPS) is 25.2. The highest BCUT2D eigenvalue weighted by atomic mass is 16.6. The molecular formula is C8H10O5. The van der Waals surface area contributed by atoms with Crippen molar-refractivity contribution in [3.8, 4) is 0 Å². The lowest BCUT2D eigenvalue weighted by Gasteiger charge is -2.24. The molecule has 1 N–H and O–H groups in total. The zero-order valence-corrected chi connectivity index (χ0v) is 7.31. The minimum absolute atomic E-state index is 0.575. The van der Waals surface area contributed by atoms with Gasteiger partial charge in [0.05, 0.1) is 7.11 Å². The largest absolute Gasteiger partial charge is 0.467 e. The van der Waals surface area contributed by atoms with Crippen molar-refractivity contribution in [2.45, 2.75) is 18.6 Å². The second-order valence-electron chi connectivity index (χ2n) is 2.86. The van der Waals surface area contributed by atoms with E-state index in [1.165, 1.54) is 13.0 Å². The SMILES string of the molecule is COC(=O)[C@](C)(O)C1C=CC(=O)O1. The summed E-state index contributed by atoms with van der Waals surface area (Å²) in [7, 11) is 1.15. The molecule has 0 spiro atoms. The predicted octanol–water partition coefficient (Wildman–Crippen LogP) is -0.608. The number of cyclic esters (lactones) is 1. The van der Waals surface area contributed by atoms with Gasteiger partial charge in [-0.2, -0.15) is 0 Å². The van der Waals surface area contributed by atoms with E-state index in [0.29, 0.717) is 0 Å². The third-order valence-electron chi connectivity index (χ3n) is 1.80. The van der Waals surface area contributed by atoms with Gasteiger partial charge >= 0.3 is 11.9 Å². The lowest BCUT2D eigenvalue weighted by molar-refractivity contribution is -0.174. The van der Waals surface area contributed by atoms with Crippen molar-refractivity contribution >= 4 is 11.9 Å². The van der Waals surface area contributed by atoms with Gasteiger partial charge in [0.25, 0.3) is 0 Å². The van der Waals surface area contributed by atoms with Gasteiger partial charge < -0.3 is 14.6 Å². The van der Waals surface area contributed by atoms with Crippen LogP contribution in [0.15, 0.2) is 12.2 Å². The van der Waals surface area contributed by atoms with Gasteiger partial charge in [0.1, 0.15) is 0 Å². The Balaban J connectivity index is 2.76. The van der Waals surface area contributed by atoms with Gasteiger partial charge in [0, 0.05) is 6.08 Å². The van der Waals surface area contributed by atoms with E-state index in [9.17, 15) is 14.7 Å². The Labute approximate surface area is 74.9 Å². The lowest BCUT2D eigenvalue weighted by atomic mass is 10.00. The molecule has 1 aliphatic heterocycles. The number of hydrogen-bond acceptors (Lipinski definition) is 5. The van der Waals surface area contributed by atoms with Crippen molar-refractivity contribution in [2.24, 2.45) is 0 Å². The number of methoxy groups -OCH3 is 1. The number of carbonyl (C=O) groups is 2. The first-order valence-corrected chi connectivity index (χ1v) is 3.68. The third kappa shape index (κ3) is 1.70. The highest BCUT2D eigenvalue weighted by Crippen LogP contribution is 2.20. The Bertz CT molecular complexity index is 266. The maximum atomic E-state index is 11.0. The second kappa shape index (κ2) is 3.18. The number of rotatable bonds is 2. The van der Waals surface area contributed by atoms with Crippen LogP contribution in [0.4, 0.5) is 0 Å². The third-order valence-corrected chi connectivity index (χ3v) is 1.80. The van der Waals surface area contributed by atoms with Crippen molar-refractivity contribution in [1.29, 1.82) is 0 Å². The van der Waals surface area contributed by atoms with E-state index >= 15 is 0 Å². The summed E-state index contributed by atoms with van der Waals surface area (Å²) in [4.78, 5) is 21.7. The Morgan fingerprint density at radius 3 is 2.77 bits per heavy atom. The van der Waals surface area contributed by atoms with Crippen LogP contribution in [0.2, 0.25) is 0 Å². The van der Waals surface area contributed by atoms with Gasteiger partial charge in [-0.1, -0.05) is 0 Å².